The van der Waals surface area contributed by atoms with Crippen molar-refractivity contribution in [2.24, 2.45) is 17.8 Å². The zero-order valence-corrected chi connectivity index (χ0v) is 16.3. The van der Waals surface area contributed by atoms with Crippen LogP contribution in [0.15, 0.2) is 47.6 Å². The van der Waals surface area contributed by atoms with Crippen LogP contribution in [0, 0.1) is 0 Å². The summed E-state index contributed by atoms with van der Waals surface area (Å²) in [6.07, 6.45) is 2.80. The third kappa shape index (κ3) is 2.92. The van der Waals surface area contributed by atoms with Crippen LogP contribution in [0.5, 0.6) is 0 Å². The highest BCUT2D eigenvalue weighted by molar-refractivity contribution is 6.16. The highest BCUT2D eigenvalue weighted by atomic mass is 16.5. The first-order valence-electron chi connectivity index (χ1n) is 9.79. The first-order chi connectivity index (χ1) is 14.2. The normalized spacial score (nSPS) is 15.7. The van der Waals surface area contributed by atoms with E-state index in [1.165, 1.54) is 11.1 Å². The second-order valence-corrected chi connectivity index (χ2v) is 7.43. The summed E-state index contributed by atoms with van der Waals surface area (Å²) in [5, 5.41) is 4.54. The third-order valence-electron chi connectivity index (χ3n) is 5.78. The topological polar surface area (TPSA) is 82.5 Å². The van der Waals surface area contributed by atoms with Crippen LogP contribution in [0.2, 0.25) is 0 Å². The van der Waals surface area contributed by atoms with Crippen molar-refractivity contribution < 1.29 is 9.53 Å². The van der Waals surface area contributed by atoms with E-state index in [9.17, 15) is 4.79 Å². The van der Waals surface area contributed by atoms with E-state index in [4.69, 9.17) is 10.5 Å². The SMILES string of the molecule is Cn1ncc(-c2ccc3c(c2)C(CN)=NCC3=O)c1-c1cccc2c1COCC2. The number of Topliss-reactive ketones (excluding diaryl/α,β-unsaturated/α-hetero) is 1. The Morgan fingerprint density at radius 2 is 2.03 bits per heavy atom. The van der Waals surface area contributed by atoms with E-state index >= 15 is 0 Å². The third-order valence-corrected chi connectivity index (χ3v) is 5.78. The average Bonchev–Trinajstić information content (AvgIpc) is 3.14. The smallest absolute Gasteiger partial charge is 0.184 e. The summed E-state index contributed by atoms with van der Waals surface area (Å²) in [5.41, 5.74) is 14.9. The summed E-state index contributed by atoms with van der Waals surface area (Å²) in [4.78, 5) is 16.6. The molecule has 0 atom stereocenters. The molecule has 0 amide bonds. The van der Waals surface area contributed by atoms with Crippen LogP contribution < -0.4 is 5.73 Å². The number of fused-ring (bicyclic) bond motifs is 2. The number of benzene rings is 2. The molecule has 6 heteroatoms. The van der Waals surface area contributed by atoms with Gasteiger partial charge in [-0.25, -0.2) is 0 Å². The van der Waals surface area contributed by atoms with Gasteiger partial charge in [0.05, 0.1) is 30.8 Å². The van der Waals surface area contributed by atoms with Gasteiger partial charge in [-0.05, 0) is 29.2 Å². The Labute approximate surface area is 169 Å². The molecule has 0 aliphatic carbocycles. The van der Waals surface area contributed by atoms with Gasteiger partial charge in [-0.1, -0.05) is 30.3 Å². The van der Waals surface area contributed by atoms with E-state index in [0.29, 0.717) is 18.7 Å². The minimum Gasteiger partial charge on any atom is -0.376 e. The number of carbonyl (C=O) groups is 1. The van der Waals surface area contributed by atoms with E-state index in [1.54, 1.807) is 0 Å². The number of hydrogen-bond donors (Lipinski definition) is 1. The second-order valence-electron chi connectivity index (χ2n) is 7.43. The lowest BCUT2D eigenvalue weighted by Gasteiger charge is -2.21. The predicted molar refractivity (Wildman–Crippen MR) is 112 cm³/mol. The lowest BCUT2D eigenvalue weighted by molar-refractivity contribution is 0.1000. The number of hydrogen-bond acceptors (Lipinski definition) is 5. The number of aryl methyl sites for hydroxylation is 1. The van der Waals surface area contributed by atoms with Crippen molar-refractivity contribution in [2.75, 3.05) is 19.7 Å². The molecule has 3 heterocycles. The molecule has 2 N–H and O–H groups in total. The van der Waals surface area contributed by atoms with E-state index in [1.807, 2.05) is 36.1 Å². The minimum atomic E-state index is 0.0319. The number of aromatic nitrogens is 2. The van der Waals surface area contributed by atoms with Crippen LogP contribution >= 0.6 is 0 Å². The Kier molecular flexibility index (Phi) is 4.38. The van der Waals surface area contributed by atoms with Crippen LogP contribution in [0.25, 0.3) is 22.4 Å². The molecule has 2 aliphatic heterocycles. The monoisotopic (exact) mass is 386 g/mol. The summed E-state index contributed by atoms with van der Waals surface area (Å²) in [6, 6.07) is 12.3. The average molecular weight is 386 g/mol. The number of carbonyl (C=O) groups excluding carboxylic acids is 1. The molecule has 0 radical (unpaired) electrons. The number of nitrogens with zero attached hydrogens (tertiary/aromatic N) is 3. The molecule has 0 saturated carbocycles. The van der Waals surface area contributed by atoms with Crippen LogP contribution in [-0.4, -0.2) is 41.0 Å². The molecule has 2 aliphatic rings. The van der Waals surface area contributed by atoms with Gasteiger partial charge in [0.1, 0.15) is 6.54 Å². The molecule has 0 spiro atoms. The highest BCUT2D eigenvalue weighted by Crippen LogP contribution is 2.37. The fraction of sp³-hybridized carbons (Fsp3) is 0.261. The number of rotatable bonds is 3. The lowest BCUT2D eigenvalue weighted by Crippen LogP contribution is -2.24. The van der Waals surface area contributed by atoms with Gasteiger partial charge in [-0.2, -0.15) is 5.10 Å². The van der Waals surface area contributed by atoms with Crippen molar-refractivity contribution in [3.8, 4) is 22.4 Å². The number of ether oxygens (including phenoxy) is 1. The van der Waals surface area contributed by atoms with Gasteiger partial charge in [-0.3, -0.25) is 14.5 Å². The molecule has 2 aromatic carbocycles. The van der Waals surface area contributed by atoms with Gasteiger partial charge in [0.15, 0.2) is 5.78 Å². The highest BCUT2D eigenvalue weighted by Gasteiger charge is 2.23. The van der Waals surface area contributed by atoms with Gasteiger partial charge < -0.3 is 10.5 Å². The predicted octanol–water partition coefficient (Wildman–Crippen LogP) is 2.77. The molecule has 3 aromatic rings. The van der Waals surface area contributed by atoms with Crippen molar-refractivity contribution in [1.82, 2.24) is 9.78 Å². The zero-order chi connectivity index (χ0) is 20.0. The van der Waals surface area contributed by atoms with E-state index in [0.717, 1.165) is 46.7 Å². The van der Waals surface area contributed by atoms with Crippen molar-refractivity contribution in [2.45, 2.75) is 13.0 Å². The summed E-state index contributed by atoms with van der Waals surface area (Å²) >= 11 is 0. The molecule has 6 nitrogen and oxygen atoms in total. The first kappa shape index (κ1) is 18.0. The van der Waals surface area contributed by atoms with Crippen molar-refractivity contribution in [3.63, 3.8) is 0 Å². The Morgan fingerprint density at radius 3 is 2.90 bits per heavy atom. The Bertz CT molecular complexity index is 1160. The molecule has 29 heavy (non-hydrogen) atoms. The summed E-state index contributed by atoms with van der Waals surface area (Å²) in [6.45, 7) is 1.86. The van der Waals surface area contributed by atoms with Crippen LogP contribution in [0.1, 0.15) is 27.0 Å². The van der Waals surface area contributed by atoms with Crippen LogP contribution in [-0.2, 0) is 24.8 Å². The van der Waals surface area contributed by atoms with E-state index < -0.39 is 0 Å². The fourth-order valence-electron chi connectivity index (χ4n) is 4.29. The molecule has 1 aromatic heterocycles. The largest absolute Gasteiger partial charge is 0.376 e. The van der Waals surface area contributed by atoms with Gasteiger partial charge in [0.25, 0.3) is 0 Å². The van der Waals surface area contributed by atoms with Gasteiger partial charge in [0.2, 0.25) is 0 Å². The van der Waals surface area contributed by atoms with Gasteiger partial charge in [-0.15, -0.1) is 0 Å². The van der Waals surface area contributed by atoms with E-state index in [-0.39, 0.29) is 12.3 Å². The molecule has 0 fully saturated rings. The quantitative estimate of drug-likeness (QED) is 0.750. The maximum absolute atomic E-state index is 12.3. The first-order valence-corrected chi connectivity index (χ1v) is 9.79. The molecule has 5 rings (SSSR count). The van der Waals surface area contributed by atoms with Crippen molar-refractivity contribution in [3.05, 3.63) is 64.8 Å². The summed E-state index contributed by atoms with van der Waals surface area (Å²) in [5.74, 6) is 0.0319. The van der Waals surface area contributed by atoms with E-state index in [2.05, 4.69) is 28.3 Å². The maximum Gasteiger partial charge on any atom is 0.184 e. The second kappa shape index (κ2) is 7.06. The molecule has 0 unspecified atom stereocenters. The van der Waals surface area contributed by atoms with Crippen LogP contribution in [0.3, 0.4) is 0 Å². The van der Waals surface area contributed by atoms with Gasteiger partial charge >= 0.3 is 0 Å². The number of aliphatic imine (C=N–C) groups is 1. The van der Waals surface area contributed by atoms with Gasteiger partial charge in [0, 0.05) is 35.8 Å². The molecular weight excluding hydrogens is 364 g/mol. The van der Waals surface area contributed by atoms with Crippen LogP contribution in [0.4, 0.5) is 0 Å². The molecule has 0 saturated heterocycles. The summed E-state index contributed by atoms with van der Waals surface area (Å²) in [7, 11) is 1.95. The van der Waals surface area contributed by atoms with Crippen molar-refractivity contribution >= 4 is 11.5 Å². The standard InChI is InChI=1S/C23H22N4O2/c1-27-23(17-4-2-3-14-7-8-29-13-20(14)17)19(11-26-27)15-5-6-16-18(9-15)21(10-24)25-12-22(16)28/h2-6,9,11H,7-8,10,12-13,24H2,1H3. The van der Waals surface area contributed by atoms with Crippen molar-refractivity contribution in [1.29, 1.82) is 0 Å². The fourth-order valence-corrected chi connectivity index (χ4v) is 4.29. The number of nitrogens with two attached hydrogens (primary N) is 1. The Hall–Kier alpha value is -3.09. The number of ketones is 1. The molecular formula is C23H22N4O2. The minimum absolute atomic E-state index is 0.0319. The molecule has 146 valence electrons. The zero-order valence-electron chi connectivity index (χ0n) is 16.3. The lowest BCUT2D eigenvalue weighted by atomic mass is 9.90. The maximum atomic E-state index is 12.3. The summed E-state index contributed by atoms with van der Waals surface area (Å²) < 4.78 is 7.64. The Balaban J connectivity index is 1.68. The molecule has 0 bridgehead atoms. The Morgan fingerprint density at radius 1 is 1.14 bits per heavy atom.